The summed E-state index contributed by atoms with van der Waals surface area (Å²) in [7, 11) is -3.03. The van der Waals surface area contributed by atoms with E-state index < -0.39 is 9.84 Å². The van der Waals surface area contributed by atoms with E-state index in [-0.39, 0.29) is 29.7 Å². The number of halogens is 1. The van der Waals surface area contributed by atoms with Gasteiger partial charge in [0.2, 0.25) is 0 Å². The number of benzene rings is 3. The van der Waals surface area contributed by atoms with Crippen LogP contribution in [0.3, 0.4) is 0 Å². The summed E-state index contributed by atoms with van der Waals surface area (Å²) in [6, 6.07) is 16.6. The van der Waals surface area contributed by atoms with Crippen molar-refractivity contribution in [2.45, 2.75) is 25.7 Å². The van der Waals surface area contributed by atoms with E-state index in [1.807, 2.05) is 42.5 Å². The number of likely N-dealkylation sites (tertiary alicyclic amines) is 1. The Kier molecular flexibility index (Phi) is 8.44. The third-order valence-electron chi connectivity index (χ3n) is 6.73. The minimum absolute atomic E-state index is 0. The Hall–Kier alpha value is -2.74. The number of ether oxygens (including phenoxy) is 2. The minimum atomic E-state index is -3.03. The van der Waals surface area contributed by atoms with Crippen LogP contribution in [0.2, 0.25) is 0 Å². The summed E-state index contributed by atoms with van der Waals surface area (Å²) in [6.45, 7) is 3.91. The van der Waals surface area contributed by atoms with Crippen LogP contribution in [0, 0.1) is 0 Å². The summed E-state index contributed by atoms with van der Waals surface area (Å²) >= 11 is 0. The second-order valence-corrected chi connectivity index (χ2v) is 11.5. The van der Waals surface area contributed by atoms with Gasteiger partial charge in [-0.25, -0.2) is 8.42 Å². The Morgan fingerprint density at radius 1 is 0.917 bits per heavy atom. The van der Waals surface area contributed by atoms with Gasteiger partial charge in [0.15, 0.2) is 9.84 Å². The van der Waals surface area contributed by atoms with Crippen LogP contribution in [0.25, 0.3) is 16.3 Å². The van der Waals surface area contributed by atoms with Gasteiger partial charge in [-0.15, -0.1) is 12.4 Å². The van der Waals surface area contributed by atoms with Gasteiger partial charge in [-0.3, -0.25) is 4.90 Å². The van der Waals surface area contributed by atoms with E-state index in [9.17, 15) is 13.5 Å². The molecular weight excluding hydrogens is 498 g/mol. The molecule has 0 spiro atoms. The molecule has 2 aliphatic rings. The fourth-order valence-corrected chi connectivity index (χ4v) is 5.92. The number of fused-ring (bicyclic) bond motifs is 1. The van der Waals surface area contributed by atoms with E-state index in [2.05, 4.69) is 4.90 Å². The van der Waals surface area contributed by atoms with Gasteiger partial charge in [-0.05, 0) is 85.8 Å². The third kappa shape index (κ3) is 6.33. The minimum Gasteiger partial charge on any atom is -0.508 e. The van der Waals surface area contributed by atoms with Gasteiger partial charge >= 0.3 is 0 Å². The molecule has 2 heterocycles. The van der Waals surface area contributed by atoms with Gasteiger partial charge in [-0.1, -0.05) is 24.6 Å². The summed E-state index contributed by atoms with van der Waals surface area (Å²) < 4.78 is 36.2. The lowest BCUT2D eigenvalue weighted by Crippen LogP contribution is -2.33. The molecule has 5 rings (SSSR count). The highest BCUT2D eigenvalue weighted by molar-refractivity contribution is 7.91. The van der Waals surface area contributed by atoms with Crippen molar-refractivity contribution in [1.82, 2.24) is 4.90 Å². The average molecular weight is 530 g/mol. The summed E-state index contributed by atoms with van der Waals surface area (Å²) in [5.74, 6) is 2.49. The largest absolute Gasteiger partial charge is 0.508 e. The highest BCUT2D eigenvalue weighted by Gasteiger charge is 2.21. The summed E-state index contributed by atoms with van der Waals surface area (Å²) in [5.41, 5.74) is 1.84. The monoisotopic (exact) mass is 529 g/mol. The topological polar surface area (TPSA) is 76.1 Å². The fourth-order valence-electron chi connectivity index (χ4n) is 4.77. The molecule has 1 saturated heterocycles. The Morgan fingerprint density at radius 3 is 2.39 bits per heavy atom. The van der Waals surface area contributed by atoms with Crippen LogP contribution >= 0.6 is 12.4 Å². The molecule has 1 N–H and O–H groups in total. The van der Waals surface area contributed by atoms with Gasteiger partial charge in [0.05, 0.1) is 11.5 Å². The number of aromatic hydroxyl groups is 1. The zero-order chi connectivity index (χ0) is 24.3. The van der Waals surface area contributed by atoms with Crippen molar-refractivity contribution in [3.05, 3.63) is 66.2 Å². The van der Waals surface area contributed by atoms with E-state index in [1.165, 1.54) is 19.3 Å². The molecule has 0 amide bonds. The van der Waals surface area contributed by atoms with Crippen LogP contribution in [-0.4, -0.2) is 56.2 Å². The lowest BCUT2D eigenvalue weighted by molar-refractivity contribution is 0.183. The first kappa shape index (κ1) is 26.3. The summed E-state index contributed by atoms with van der Waals surface area (Å²) in [6.07, 6.45) is 6.11. The second-order valence-electron chi connectivity index (χ2n) is 9.27. The Morgan fingerprint density at radius 2 is 1.67 bits per heavy atom. The lowest BCUT2D eigenvalue weighted by atomic mass is 9.97. The Bertz CT molecular complexity index is 1330. The van der Waals surface area contributed by atoms with E-state index in [0.717, 1.165) is 47.3 Å². The molecule has 1 fully saturated rings. The maximum absolute atomic E-state index is 11.9. The van der Waals surface area contributed by atoms with Crippen LogP contribution < -0.4 is 9.47 Å². The predicted molar refractivity (Wildman–Crippen MR) is 146 cm³/mol. The number of phenols is 1. The molecule has 8 heteroatoms. The first-order chi connectivity index (χ1) is 17.0. The fraction of sp³-hybridized carbons (Fsp3) is 0.357. The first-order valence-corrected chi connectivity index (χ1v) is 14.1. The number of rotatable bonds is 7. The van der Waals surface area contributed by atoms with Crippen molar-refractivity contribution in [2.75, 3.05) is 37.7 Å². The number of phenolic OH excluding ortho intramolecular Hbond substituents is 1. The van der Waals surface area contributed by atoms with E-state index in [4.69, 9.17) is 9.47 Å². The van der Waals surface area contributed by atoms with Crippen molar-refractivity contribution >= 4 is 38.6 Å². The standard InChI is InChI=1S/C28H31NO5S.ClH/c30-23-5-11-27-22(20-23)4-10-26(21-12-18-35(31,32)19-13-21)28(27)34-25-8-6-24(7-9-25)33-17-16-29-14-2-1-3-15-29;/h4-12,20,30H,1-3,13-19H2;1H. The van der Waals surface area contributed by atoms with Crippen LogP contribution in [-0.2, 0) is 9.84 Å². The van der Waals surface area contributed by atoms with Crippen molar-refractivity contribution < 1.29 is 23.0 Å². The van der Waals surface area contributed by atoms with Gasteiger partial charge in [0.1, 0.15) is 29.6 Å². The molecule has 0 aromatic heterocycles. The van der Waals surface area contributed by atoms with Crippen molar-refractivity contribution in [1.29, 1.82) is 0 Å². The summed E-state index contributed by atoms with van der Waals surface area (Å²) in [4.78, 5) is 2.45. The third-order valence-corrected chi connectivity index (χ3v) is 8.24. The quantitative estimate of drug-likeness (QED) is 0.415. The molecule has 0 saturated carbocycles. The first-order valence-electron chi connectivity index (χ1n) is 12.3. The molecule has 3 aromatic carbocycles. The summed E-state index contributed by atoms with van der Waals surface area (Å²) in [5, 5.41) is 11.6. The molecule has 2 aliphatic heterocycles. The molecule has 3 aromatic rings. The van der Waals surface area contributed by atoms with Gasteiger partial charge in [0.25, 0.3) is 0 Å². The predicted octanol–water partition coefficient (Wildman–Crippen LogP) is 5.83. The molecule has 192 valence electrons. The van der Waals surface area contributed by atoms with Crippen LogP contribution in [0.15, 0.2) is 60.7 Å². The van der Waals surface area contributed by atoms with Crippen molar-refractivity contribution in [3.8, 4) is 23.0 Å². The molecule has 0 aliphatic carbocycles. The van der Waals surface area contributed by atoms with E-state index in [0.29, 0.717) is 24.5 Å². The van der Waals surface area contributed by atoms with Gasteiger partial charge in [0, 0.05) is 17.5 Å². The zero-order valence-corrected chi connectivity index (χ0v) is 21.8. The van der Waals surface area contributed by atoms with Crippen molar-refractivity contribution in [3.63, 3.8) is 0 Å². The number of allylic oxidation sites excluding steroid dienone is 1. The highest BCUT2D eigenvalue weighted by Crippen LogP contribution is 2.40. The van der Waals surface area contributed by atoms with Crippen LogP contribution in [0.4, 0.5) is 0 Å². The molecule has 0 radical (unpaired) electrons. The highest BCUT2D eigenvalue weighted by atomic mass is 35.5. The maximum atomic E-state index is 11.9. The SMILES string of the molecule is Cl.O=S1(=O)CC=C(c2ccc3cc(O)ccc3c2Oc2ccc(OCCN3CCCCC3)cc2)CC1. The van der Waals surface area contributed by atoms with Crippen LogP contribution in [0.1, 0.15) is 31.2 Å². The van der Waals surface area contributed by atoms with E-state index in [1.54, 1.807) is 18.2 Å². The molecule has 0 bridgehead atoms. The molecule has 36 heavy (non-hydrogen) atoms. The normalized spacial score (nSPS) is 17.7. The van der Waals surface area contributed by atoms with Crippen molar-refractivity contribution in [2.24, 2.45) is 0 Å². The van der Waals surface area contributed by atoms with Gasteiger partial charge in [-0.2, -0.15) is 0 Å². The maximum Gasteiger partial charge on any atom is 0.154 e. The van der Waals surface area contributed by atoms with Crippen LogP contribution in [0.5, 0.6) is 23.0 Å². The van der Waals surface area contributed by atoms with E-state index >= 15 is 0 Å². The number of hydrogen-bond acceptors (Lipinski definition) is 6. The second kappa shape index (κ2) is 11.5. The average Bonchev–Trinajstić information content (AvgIpc) is 2.86. The number of hydrogen-bond donors (Lipinski definition) is 1. The smallest absolute Gasteiger partial charge is 0.154 e. The molecule has 0 unspecified atom stereocenters. The molecule has 0 atom stereocenters. The molecular formula is C28H32ClNO5S. The number of nitrogens with zero attached hydrogens (tertiary/aromatic N) is 1. The Labute approximate surface area is 218 Å². The van der Waals surface area contributed by atoms with Gasteiger partial charge < -0.3 is 14.6 Å². The Balaban J connectivity index is 0.00000304. The lowest BCUT2D eigenvalue weighted by Gasteiger charge is -2.26. The molecule has 6 nitrogen and oxygen atoms in total. The number of piperidine rings is 1. The zero-order valence-electron chi connectivity index (χ0n) is 20.2. The number of sulfone groups is 1.